The first-order valence-corrected chi connectivity index (χ1v) is 9.71. The second-order valence-corrected chi connectivity index (χ2v) is 7.71. The maximum absolute atomic E-state index is 12.2. The number of halogens is 1. The van der Waals surface area contributed by atoms with E-state index < -0.39 is 34.4 Å². The predicted molar refractivity (Wildman–Crippen MR) is 99.5 cm³/mol. The van der Waals surface area contributed by atoms with E-state index in [-0.39, 0.29) is 4.90 Å². The monoisotopic (exact) mass is 411 g/mol. The number of esters is 1. The molecular weight excluding hydrogens is 394 g/mol. The van der Waals surface area contributed by atoms with Crippen molar-refractivity contribution in [2.75, 3.05) is 13.7 Å². The van der Waals surface area contributed by atoms with Gasteiger partial charge in [0.25, 0.3) is 0 Å². The van der Waals surface area contributed by atoms with E-state index in [0.29, 0.717) is 16.3 Å². The number of nitrogens with one attached hydrogen (secondary N) is 1. The Bertz CT molecular complexity index is 910. The Balaban J connectivity index is 1.92. The summed E-state index contributed by atoms with van der Waals surface area (Å²) in [5.74, 6) is -0.693. The second-order valence-electron chi connectivity index (χ2n) is 5.56. The SMILES string of the molecule is COc1ccc(C(=O)COC(=O)[C@H](C)NS(=O)(=O)c2ccc(Cl)cc2)cc1. The van der Waals surface area contributed by atoms with Crippen LogP contribution in [0.15, 0.2) is 53.4 Å². The van der Waals surface area contributed by atoms with E-state index in [1.54, 1.807) is 24.3 Å². The van der Waals surface area contributed by atoms with Crippen LogP contribution in [0.2, 0.25) is 5.02 Å². The normalized spacial score (nSPS) is 12.3. The Morgan fingerprint density at radius 3 is 2.22 bits per heavy atom. The lowest BCUT2D eigenvalue weighted by Gasteiger charge is -2.13. The van der Waals surface area contributed by atoms with Crippen molar-refractivity contribution in [3.63, 3.8) is 0 Å². The first-order chi connectivity index (χ1) is 12.7. The van der Waals surface area contributed by atoms with Gasteiger partial charge >= 0.3 is 5.97 Å². The summed E-state index contributed by atoms with van der Waals surface area (Å²) < 4.78 is 36.6. The summed E-state index contributed by atoms with van der Waals surface area (Å²) in [6.07, 6.45) is 0. The fourth-order valence-corrected chi connectivity index (χ4v) is 3.40. The van der Waals surface area contributed by atoms with Crippen LogP contribution in [-0.4, -0.2) is 39.9 Å². The molecule has 0 heterocycles. The number of ether oxygens (including phenoxy) is 2. The molecule has 2 rings (SSSR count). The Labute approximate surface area is 162 Å². The number of hydrogen-bond donors (Lipinski definition) is 1. The molecule has 2 aromatic carbocycles. The minimum Gasteiger partial charge on any atom is -0.497 e. The van der Waals surface area contributed by atoms with Crippen LogP contribution in [0, 0.1) is 0 Å². The molecule has 0 bridgehead atoms. The fourth-order valence-electron chi connectivity index (χ4n) is 2.08. The maximum atomic E-state index is 12.2. The largest absolute Gasteiger partial charge is 0.497 e. The molecule has 0 aliphatic carbocycles. The molecule has 0 spiro atoms. The highest BCUT2D eigenvalue weighted by Gasteiger charge is 2.23. The lowest BCUT2D eigenvalue weighted by atomic mass is 10.1. The molecule has 0 radical (unpaired) electrons. The van der Waals surface area contributed by atoms with Crippen molar-refractivity contribution in [3.05, 3.63) is 59.1 Å². The molecule has 1 atom stereocenters. The lowest BCUT2D eigenvalue weighted by Crippen LogP contribution is -2.40. The van der Waals surface area contributed by atoms with Crippen molar-refractivity contribution in [2.24, 2.45) is 0 Å². The summed E-state index contributed by atoms with van der Waals surface area (Å²) in [5.41, 5.74) is 0.345. The van der Waals surface area contributed by atoms with Crippen molar-refractivity contribution >= 4 is 33.4 Å². The summed E-state index contributed by atoms with van der Waals surface area (Å²) in [7, 11) is -2.42. The number of methoxy groups -OCH3 is 1. The van der Waals surface area contributed by atoms with Gasteiger partial charge in [-0.05, 0) is 55.5 Å². The van der Waals surface area contributed by atoms with E-state index in [2.05, 4.69) is 4.72 Å². The van der Waals surface area contributed by atoms with Crippen LogP contribution in [-0.2, 0) is 19.6 Å². The van der Waals surface area contributed by atoms with Crippen LogP contribution in [0.4, 0.5) is 0 Å². The number of benzene rings is 2. The molecule has 144 valence electrons. The molecule has 0 saturated heterocycles. The van der Waals surface area contributed by atoms with Crippen LogP contribution in [0.5, 0.6) is 5.75 Å². The number of hydrogen-bond acceptors (Lipinski definition) is 6. The Kier molecular flexibility index (Phi) is 6.95. The molecule has 0 amide bonds. The summed E-state index contributed by atoms with van der Waals surface area (Å²) in [6, 6.07) is 10.6. The Morgan fingerprint density at radius 2 is 1.67 bits per heavy atom. The zero-order valence-corrected chi connectivity index (χ0v) is 16.2. The Morgan fingerprint density at radius 1 is 1.07 bits per heavy atom. The van der Waals surface area contributed by atoms with Crippen molar-refractivity contribution in [1.82, 2.24) is 4.72 Å². The number of carbonyl (C=O) groups excluding carboxylic acids is 2. The summed E-state index contributed by atoms with van der Waals surface area (Å²) in [5, 5.41) is 0.387. The third-order valence-electron chi connectivity index (χ3n) is 3.57. The van der Waals surface area contributed by atoms with Gasteiger partial charge in [-0.15, -0.1) is 0 Å². The third-order valence-corrected chi connectivity index (χ3v) is 5.38. The molecule has 0 aromatic heterocycles. The van der Waals surface area contributed by atoms with Crippen LogP contribution in [0.25, 0.3) is 0 Å². The zero-order valence-electron chi connectivity index (χ0n) is 14.6. The number of Topliss-reactive ketones (excluding diaryl/α,β-unsaturated/α-hetero) is 1. The molecule has 0 saturated carbocycles. The molecule has 1 N–H and O–H groups in total. The summed E-state index contributed by atoms with van der Waals surface area (Å²) in [4.78, 5) is 24.0. The van der Waals surface area contributed by atoms with Gasteiger partial charge < -0.3 is 9.47 Å². The minimum atomic E-state index is -3.93. The maximum Gasteiger partial charge on any atom is 0.324 e. The highest BCUT2D eigenvalue weighted by atomic mass is 35.5. The van der Waals surface area contributed by atoms with Crippen LogP contribution >= 0.6 is 11.6 Å². The van der Waals surface area contributed by atoms with Gasteiger partial charge in [-0.2, -0.15) is 4.72 Å². The van der Waals surface area contributed by atoms with E-state index in [1.165, 1.54) is 38.3 Å². The molecule has 0 aliphatic heterocycles. The smallest absolute Gasteiger partial charge is 0.324 e. The fraction of sp³-hybridized carbons (Fsp3) is 0.222. The van der Waals surface area contributed by atoms with Gasteiger partial charge in [0.1, 0.15) is 11.8 Å². The standard InChI is InChI=1S/C18H18ClNO6S/c1-12(20-27(23,24)16-9-5-14(19)6-10-16)18(22)26-11-17(21)13-3-7-15(25-2)8-4-13/h3-10,12,20H,11H2,1-2H3/t12-/m0/s1. The van der Waals surface area contributed by atoms with E-state index in [4.69, 9.17) is 21.1 Å². The average Bonchev–Trinajstić information content (AvgIpc) is 2.65. The number of ketones is 1. The molecular formula is C18H18ClNO6S. The van der Waals surface area contributed by atoms with Gasteiger partial charge in [0.05, 0.1) is 12.0 Å². The van der Waals surface area contributed by atoms with Crippen molar-refractivity contribution in [2.45, 2.75) is 17.9 Å². The number of carbonyl (C=O) groups is 2. The predicted octanol–water partition coefficient (Wildman–Crippen LogP) is 2.44. The number of rotatable bonds is 8. The van der Waals surface area contributed by atoms with Gasteiger partial charge in [0.2, 0.25) is 10.0 Å². The molecule has 9 heteroatoms. The molecule has 2 aromatic rings. The Hall–Kier alpha value is -2.42. The summed E-state index contributed by atoms with van der Waals surface area (Å²) in [6.45, 7) is 0.825. The van der Waals surface area contributed by atoms with Gasteiger partial charge in [-0.25, -0.2) is 8.42 Å². The molecule has 0 aliphatic rings. The highest BCUT2D eigenvalue weighted by molar-refractivity contribution is 7.89. The molecule has 0 unspecified atom stereocenters. The van der Waals surface area contributed by atoms with Gasteiger partial charge in [-0.3, -0.25) is 9.59 Å². The first-order valence-electron chi connectivity index (χ1n) is 7.84. The van der Waals surface area contributed by atoms with E-state index in [9.17, 15) is 18.0 Å². The molecule has 0 fully saturated rings. The van der Waals surface area contributed by atoms with Crippen LogP contribution in [0.1, 0.15) is 17.3 Å². The van der Waals surface area contributed by atoms with Crippen molar-refractivity contribution < 1.29 is 27.5 Å². The zero-order chi connectivity index (χ0) is 20.0. The molecule has 27 heavy (non-hydrogen) atoms. The first kappa shape index (κ1) is 20.9. The quantitative estimate of drug-likeness (QED) is 0.529. The third kappa shape index (κ3) is 5.78. The lowest BCUT2D eigenvalue weighted by molar-refractivity contribution is -0.144. The van der Waals surface area contributed by atoms with E-state index >= 15 is 0 Å². The topological polar surface area (TPSA) is 98.8 Å². The van der Waals surface area contributed by atoms with Gasteiger partial charge in [0.15, 0.2) is 12.4 Å². The molecule has 7 nitrogen and oxygen atoms in total. The highest BCUT2D eigenvalue weighted by Crippen LogP contribution is 2.15. The van der Waals surface area contributed by atoms with Crippen molar-refractivity contribution in [3.8, 4) is 5.75 Å². The van der Waals surface area contributed by atoms with E-state index in [1.807, 2.05) is 0 Å². The minimum absolute atomic E-state index is 0.0409. The van der Waals surface area contributed by atoms with Gasteiger partial charge in [-0.1, -0.05) is 11.6 Å². The number of sulfonamides is 1. The average molecular weight is 412 g/mol. The van der Waals surface area contributed by atoms with Crippen LogP contribution in [0.3, 0.4) is 0 Å². The van der Waals surface area contributed by atoms with Crippen molar-refractivity contribution in [1.29, 1.82) is 0 Å². The van der Waals surface area contributed by atoms with Crippen LogP contribution < -0.4 is 9.46 Å². The second kappa shape index (κ2) is 8.98. The van der Waals surface area contributed by atoms with E-state index in [0.717, 1.165) is 0 Å². The summed E-state index contributed by atoms with van der Waals surface area (Å²) >= 11 is 5.73. The van der Waals surface area contributed by atoms with Gasteiger partial charge in [0, 0.05) is 10.6 Å².